The molecule has 0 unspecified atom stereocenters. The van der Waals surface area contributed by atoms with Crippen LogP contribution in [0.5, 0.6) is 0 Å². The number of piperidine rings is 1. The van der Waals surface area contributed by atoms with Gasteiger partial charge in [-0.1, -0.05) is 6.07 Å². The Balaban J connectivity index is 1.97. The molecule has 0 radical (unpaired) electrons. The molecule has 1 aromatic heterocycles. The van der Waals surface area contributed by atoms with E-state index >= 15 is 0 Å². The molecule has 0 bridgehead atoms. The molecule has 0 aromatic carbocycles. The summed E-state index contributed by atoms with van der Waals surface area (Å²) in [5.41, 5.74) is 6.50. The van der Waals surface area contributed by atoms with Crippen molar-refractivity contribution in [3.8, 4) is 0 Å². The highest BCUT2D eigenvalue weighted by molar-refractivity contribution is 5.81. The van der Waals surface area contributed by atoms with E-state index in [4.69, 9.17) is 5.73 Å². The molecule has 0 aliphatic carbocycles. The van der Waals surface area contributed by atoms with Gasteiger partial charge in [0, 0.05) is 24.5 Å². The number of aromatic nitrogens is 1. The van der Waals surface area contributed by atoms with Crippen molar-refractivity contribution in [2.45, 2.75) is 52.0 Å². The first kappa shape index (κ1) is 16.0. The molecule has 1 aliphatic rings. The molecule has 2 rings (SSSR count). The van der Waals surface area contributed by atoms with Crippen LogP contribution in [0.4, 0.5) is 0 Å². The SMILES string of the molecule is CC(C)N1CCC[C@@](CCCc2ccccn2)(C(N)=O)C1. The Bertz CT molecular complexity index is 460. The highest BCUT2D eigenvalue weighted by atomic mass is 16.1. The molecule has 0 spiro atoms. The van der Waals surface area contributed by atoms with Crippen molar-refractivity contribution in [2.75, 3.05) is 13.1 Å². The predicted molar refractivity (Wildman–Crippen MR) is 84.7 cm³/mol. The zero-order valence-corrected chi connectivity index (χ0v) is 13.2. The van der Waals surface area contributed by atoms with Crippen molar-refractivity contribution in [1.29, 1.82) is 0 Å². The topological polar surface area (TPSA) is 59.2 Å². The average molecular weight is 289 g/mol. The van der Waals surface area contributed by atoms with Gasteiger partial charge in [-0.3, -0.25) is 14.7 Å². The van der Waals surface area contributed by atoms with Crippen LogP contribution in [0, 0.1) is 5.41 Å². The van der Waals surface area contributed by atoms with Crippen LogP contribution >= 0.6 is 0 Å². The zero-order valence-electron chi connectivity index (χ0n) is 13.2. The molecule has 1 aliphatic heterocycles. The summed E-state index contributed by atoms with van der Waals surface area (Å²) in [6.45, 7) is 6.26. The Hall–Kier alpha value is -1.42. The number of hydrogen-bond acceptors (Lipinski definition) is 3. The summed E-state index contributed by atoms with van der Waals surface area (Å²) in [6, 6.07) is 6.45. The minimum atomic E-state index is -0.350. The maximum atomic E-state index is 12.1. The third kappa shape index (κ3) is 4.03. The van der Waals surface area contributed by atoms with Gasteiger partial charge < -0.3 is 5.73 Å². The van der Waals surface area contributed by atoms with Crippen molar-refractivity contribution in [3.05, 3.63) is 30.1 Å². The van der Waals surface area contributed by atoms with E-state index in [-0.39, 0.29) is 11.3 Å². The normalized spacial score (nSPS) is 23.4. The number of hydrogen-bond donors (Lipinski definition) is 1. The highest BCUT2D eigenvalue weighted by Gasteiger charge is 2.40. The van der Waals surface area contributed by atoms with Gasteiger partial charge in [0.1, 0.15) is 0 Å². The Morgan fingerprint density at radius 2 is 2.29 bits per heavy atom. The fraction of sp³-hybridized carbons (Fsp3) is 0.647. The molecule has 116 valence electrons. The molecule has 1 aromatic rings. The molecular formula is C17H27N3O. The summed E-state index contributed by atoms with van der Waals surface area (Å²) in [5.74, 6) is -0.131. The molecule has 2 heterocycles. The molecule has 4 heteroatoms. The van der Waals surface area contributed by atoms with Crippen LogP contribution in [0.1, 0.15) is 45.2 Å². The molecule has 1 saturated heterocycles. The molecule has 4 nitrogen and oxygen atoms in total. The summed E-state index contributed by atoms with van der Waals surface area (Å²) >= 11 is 0. The summed E-state index contributed by atoms with van der Waals surface area (Å²) in [7, 11) is 0. The van der Waals surface area contributed by atoms with Crippen LogP contribution in [0.3, 0.4) is 0 Å². The first-order valence-electron chi connectivity index (χ1n) is 7.97. The third-order valence-corrected chi connectivity index (χ3v) is 4.67. The molecule has 1 fully saturated rings. The first-order chi connectivity index (χ1) is 10.0. The standard InChI is InChI=1S/C17H27N3O/c1-14(2)20-12-6-10-17(13-20,16(18)21)9-5-8-15-7-3-4-11-19-15/h3-4,7,11,14H,5-6,8-10,12-13H2,1-2H3,(H2,18,21)/t17-/m1/s1. The van der Waals surface area contributed by atoms with Crippen molar-refractivity contribution >= 4 is 5.91 Å². The van der Waals surface area contributed by atoms with Gasteiger partial charge in [-0.05, 0) is 64.6 Å². The Labute approximate surface area is 127 Å². The van der Waals surface area contributed by atoms with Gasteiger partial charge in [0.15, 0.2) is 0 Å². The van der Waals surface area contributed by atoms with Crippen molar-refractivity contribution < 1.29 is 4.79 Å². The van der Waals surface area contributed by atoms with Gasteiger partial charge >= 0.3 is 0 Å². The van der Waals surface area contributed by atoms with E-state index in [2.05, 4.69) is 23.7 Å². The maximum Gasteiger partial charge on any atom is 0.224 e. The summed E-state index contributed by atoms with van der Waals surface area (Å²) in [5, 5.41) is 0. The summed E-state index contributed by atoms with van der Waals surface area (Å²) in [4.78, 5) is 18.8. The number of aryl methyl sites for hydroxylation is 1. The lowest BCUT2D eigenvalue weighted by Crippen LogP contribution is -2.52. The van der Waals surface area contributed by atoms with E-state index in [1.807, 2.05) is 24.4 Å². The van der Waals surface area contributed by atoms with Gasteiger partial charge in [-0.15, -0.1) is 0 Å². The predicted octanol–water partition coefficient (Wildman–Crippen LogP) is 2.38. The van der Waals surface area contributed by atoms with Crippen molar-refractivity contribution in [1.82, 2.24) is 9.88 Å². The van der Waals surface area contributed by atoms with Crippen LogP contribution in [0.15, 0.2) is 24.4 Å². The Kier molecular flexibility index (Phi) is 5.34. The van der Waals surface area contributed by atoms with Crippen molar-refractivity contribution in [2.24, 2.45) is 11.1 Å². The van der Waals surface area contributed by atoms with Crippen LogP contribution in [0.2, 0.25) is 0 Å². The van der Waals surface area contributed by atoms with Gasteiger partial charge in [-0.25, -0.2) is 0 Å². The highest BCUT2D eigenvalue weighted by Crippen LogP contribution is 2.35. The largest absolute Gasteiger partial charge is 0.369 e. The van der Waals surface area contributed by atoms with E-state index in [0.29, 0.717) is 6.04 Å². The third-order valence-electron chi connectivity index (χ3n) is 4.67. The van der Waals surface area contributed by atoms with E-state index in [0.717, 1.165) is 50.9 Å². The van der Waals surface area contributed by atoms with Crippen LogP contribution in [0.25, 0.3) is 0 Å². The second kappa shape index (κ2) is 7.03. The van der Waals surface area contributed by atoms with E-state index < -0.39 is 0 Å². The minimum absolute atomic E-state index is 0.131. The second-order valence-electron chi connectivity index (χ2n) is 6.49. The lowest BCUT2D eigenvalue weighted by atomic mass is 9.75. The quantitative estimate of drug-likeness (QED) is 0.874. The van der Waals surface area contributed by atoms with E-state index in [1.165, 1.54) is 0 Å². The van der Waals surface area contributed by atoms with E-state index in [9.17, 15) is 4.79 Å². The summed E-state index contributed by atoms with van der Waals surface area (Å²) in [6.07, 6.45) is 6.55. The molecule has 1 atom stereocenters. The lowest BCUT2D eigenvalue weighted by molar-refractivity contribution is -0.132. The van der Waals surface area contributed by atoms with Crippen molar-refractivity contribution in [3.63, 3.8) is 0 Å². The molecule has 21 heavy (non-hydrogen) atoms. The number of carbonyl (C=O) groups excluding carboxylic acids is 1. The second-order valence-corrected chi connectivity index (χ2v) is 6.49. The van der Waals surface area contributed by atoms with Crippen LogP contribution < -0.4 is 5.73 Å². The molecule has 0 saturated carbocycles. The smallest absolute Gasteiger partial charge is 0.224 e. The number of rotatable bonds is 6. The molecule has 1 amide bonds. The zero-order chi connectivity index (χ0) is 15.3. The van der Waals surface area contributed by atoms with Crippen LogP contribution in [-0.4, -0.2) is 34.9 Å². The van der Waals surface area contributed by atoms with Gasteiger partial charge in [0.05, 0.1) is 5.41 Å². The van der Waals surface area contributed by atoms with Crippen LogP contribution in [-0.2, 0) is 11.2 Å². The molecule has 2 N–H and O–H groups in total. The number of pyridine rings is 1. The monoisotopic (exact) mass is 289 g/mol. The number of primary amides is 1. The van der Waals surface area contributed by atoms with Gasteiger partial charge in [0.2, 0.25) is 5.91 Å². The maximum absolute atomic E-state index is 12.1. The number of nitrogens with zero attached hydrogens (tertiary/aromatic N) is 2. The lowest BCUT2D eigenvalue weighted by Gasteiger charge is -2.42. The van der Waals surface area contributed by atoms with Gasteiger partial charge in [0.25, 0.3) is 0 Å². The molecular weight excluding hydrogens is 262 g/mol. The fourth-order valence-corrected chi connectivity index (χ4v) is 3.29. The minimum Gasteiger partial charge on any atom is -0.369 e. The number of nitrogens with two attached hydrogens (primary N) is 1. The number of amides is 1. The first-order valence-corrected chi connectivity index (χ1v) is 7.97. The Morgan fingerprint density at radius 3 is 2.90 bits per heavy atom. The van der Waals surface area contributed by atoms with Gasteiger partial charge in [-0.2, -0.15) is 0 Å². The Morgan fingerprint density at radius 1 is 1.48 bits per heavy atom. The fourth-order valence-electron chi connectivity index (χ4n) is 3.29. The number of carbonyl (C=O) groups is 1. The average Bonchev–Trinajstić information content (AvgIpc) is 2.48. The number of likely N-dealkylation sites (tertiary alicyclic amines) is 1. The van der Waals surface area contributed by atoms with E-state index in [1.54, 1.807) is 0 Å². The summed E-state index contributed by atoms with van der Waals surface area (Å²) < 4.78 is 0.